The number of anilines is 3. The first kappa shape index (κ1) is 22.4. The van der Waals surface area contributed by atoms with Crippen molar-refractivity contribution in [1.82, 2.24) is 19.5 Å². The molecule has 0 saturated carbocycles. The molecule has 3 heterocycles. The van der Waals surface area contributed by atoms with E-state index in [2.05, 4.69) is 107 Å². The summed E-state index contributed by atoms with van der Waals surface area (Å²) in [6.07, 6.45) is 1.90. The Labute approximate surface area is 230 Å². The highest BCUT2D eigenvalue weighted by molar-refractivity contribution is 6.09. The van der Waals surface area contributed by atoms with Crippen LogP contribution < -0.4 is 4.90 Å². The maximum absolute atomic E-state index is 5.11. The molecule has 0 spiro atoms. The largest absolute Gasteiger partial charge is 0.310 e. The molecule has 0 aliphatic heterocycles. The highest BCUT2D eigenvalue weighted by Gasteiger charge is 2.20. The second-order valence-electron chi connectivity index (χ2n) is 9.75. The quantitative estimate of drug-likeness (QED) is 0.236. The van der Waals surface area contributed by atoms with Crippen LogP contribution in [0.1, 0.15) is 0 Å². The Morgan fingerprint density at radius 3 is 1.88 bits per heavy atom. The van der Waals surface area contributed by atoms with Gasteiger partial charge in [0.1, 0.15) is 5.52 Å². The van der Waals surface area contributed by atoms with Crippen LogP contribution in [-0.4, -0.2) is 19.5 Å². The summed E-state index contributed by atoms with van der Waals surface area (Å²) in [6.45, 7) is 0. The molecule has 0 bridgehead atoms. The molecule has 188 valence electrons. The summed E-state index contributed by atoms with van der Waals surface area (Å²) in [5.74, 6) is 0. The lowest BCUT2D eigenvalue weighted by Gasteiger charge is -2.26. The van der Waals surface area contributed by atoms with Crippen molar-refractivity contribution in [1.29, 1.82) is 0 Å². The Hall–Kier alpha value is -5.55. The van der Waals surface area contributed by atoms with E-state index in [4.69, 9.17) is 15.0 Å². The van der Waals surface area contributed by atoms with Crippen molar-refractivity contribution in [3.8, 4) is 5.69 Å². The molecule has 5 nitrogen and oxygen atoms in total. The SMILES string of the molecule is c1ccc(N(c2ccccc2)c2ccnc3c(-n4c5ccccc5c5nc6ccccc6nc54)cccc23)cc1. The summed E-state index contributed by atoms with van der Waals surface area (Å²) in [6, 6.07) is 45.8. The molecule has 0 unspecified atom stereocenters. The summed E-state index contributed by atoms with van der Waals surface area (Å²) >= 11 is 0. The van der Waals surface area contributed by atoms with Crippen molar-refractivity contribution in [2.75, 3.05) is 4.90 Å². The van der Waals surface area contributed by atoms with Crippen molar-refractivity contribution in [2.24, 2.45) is 0 Å². The minimum atomic E-state index is 0.822. The Morgan fingerprint density at radius 1 is 0.500 bits per heavy atom. The van der Waals surface area contributed by atoms with E-state index in [0.717, 1.165) is 66.8 Å². The average molecular weight is 514 g/mol. The van der Waals surface area contributed by atoms with Crippen LogP contribution in [-0.2, 0) is 0 Å². The first-order valence-corrected chi connectivity index (χ1v) is 13.3. The number of fused-ring (bicyclic) bond motifs is 5. The highest BCUT2D eigenvalue weighted by atomic mass is 15.1. The number of para-hydroxylation sites is 6. The van der Waals surface area contributed by atoms with Gasteiger partial charge in [0, 0.05) is 28.3 Å². The monoisotopic (exact) mass is 513 g/mol. The molecular weight excluding hydrogens is 490 g/mol. The van der Waals surface area contributed by atoms with Gasteiger partial charge in [0.25, 0.3) is 0 Å². The summed E-state index contributed by atoms with van der Waals surface area (Å²) in [4.78, 5) is 17.4. The van der Waals surface area contributed by atoms with Crippen molar-refractivity contribution < 1.29 is 0 Å². The fourth-order valence-corrected chi connectivity index (χ4v) is 5.66. The number of benzene rings is 5. The molecule has 0 radical (unpaired) electrons. The molecule has 40 heavy (non-hydrogen) atoms. The minimum absolute atomic E-state index is 0.822. The fraction of sp³-hybridized carbons (Fsp3) is 0. The van der Waals surface area contributed by atoms with Crippen LogP contribution in [0.4, 0.5) is 17.1 Å². The van der Waals surface area contributed by atoms with E-state index < -0.39 is 0 Å². The molecule has 5 aromatic carbocycles. The molecule has 0 amide bonds. The molecule has 0 saturated heterocycles. The average Bonchev–Trinajstić information content (AvgIpc) is 3.34. The van der Waals surface area contributed by atoms with E-state index in [-0.39, 0.29) is 0 Å². The maximum atomic E-state index is 5.11. The lowest BCUT2D eigenvalue weighted by atomic mass is 10.1. The predicted octanol–water partition coefficient (Wildman–Crippen LogP) is 8.74. The van der Waals surface area contributed by atoms with E-state index in [1.54, 1.807) is 0 Å². The highest BCUT2D eigenvalue weighted by Crippen LogP contribution is 2.40. The van der Waals surface area contributed by atoms with Crippen molar-refractivity contribution in [3.63, 3.8) is 0 Å². The lowest BCUT2D eigenvalue weighted by Crippen LogP contribution is -2.11. The van der Waals surface area contributed by atoms with Crippen molar-refractivity contribution in [3.05, 3.63) is 140 Å². The second kappa shape index (κ2) is 9.03. The zero-order chi connectivity index (χ0) is 26.5. The minimum Gasteiger partial charge on any atom is -0.310 e. The number of hydrogen-bond donors (Lipinski definition) is 0. The Morgan fingerprint density at radius 2 is 1.12 bits per heavy atom. The Bertz CT molecular complexity index is 2130. The van der Waals surface area contributed by atoms with Gasteiger partial charge in [-0.2, -0.15) is 0 Å². The van der Waals surface area contributed by atoms with Gasteiger partial charge in [-0.25, -0.2) is 9.97 Å². The number of nitrogens with zero attached hydrogens (tertiary/aromatic N) is 5. The topological polar surface area (TPSA) is 46.8 Å². The number of hydrogen-bond acceptors (Lipinski definition) is 4. The van der Waals surface area contributed by atoms with Crippen LogP contribution in [0.25, 0.3) is 49.7 Å². The van der Waals surface area contributed by atoms with Crippen molar-refractivity contribution >= 4 is 61.1 Å². The fourth-order valence-electron chi connectivity index (χ4n) is 5.66. The molecule has 0 aliphatic carbocycles. The van der Waals surface area contributed by atoms with Crippen LogP contribution in [0.3, 0.4) is 0 Å². The van der Waals surface area contributed by atoms with E-state index in [0.29, 0.717) is 0 Å². The van der Waals surface area contributed by atoms with Gasteiger partial charge in [0.05, 0.1) is 33.4 Å². The molecule has 0 fully saturated rings. The zero-order valence-corrected chi connectivity index (χ0v) is 21.5. The smallest absolute Gasteiger partial charge is 0.165 e. The third-order valence-corrected chi connectivity index (χ3v) is 7.40. The van der Waals surface area contributed by atoms with E-state index in [1.807, 2.05) is 42.6 Å². The Balaban J connectivity index is 1.44. The first-order valence-electron chi connectivity index (χ1n) is 13.3. The van der Waals surface area contributed by atoms with Gasteiger partial charge in [-0.1, -0.05) is 78.9 Å². The molecule has 3 aromatic heterocycles. The van der Waals surface area contributed by atoms with E-state index in [1.165, 1.54) is 0 Å². The van der Waals surface area contributed by atoms with E-state index >= 15 is 0 Å². The van der Waals surface area contributed by atoms with Gasteiger partial charge in [0.2, 0.25) is 0 Å². The standard InChI is InChI=1S/C35H23N5/c1-3-12-24(13-4-1)39(25-14-5-2-6-15-25)31-22-23-36-33-26(31)17-11-21-32(33)40-30-20-10-7-16-27(30)34-35(40)38-29-19-9-8-18-28(29)37-34/h1-23H. The predicted molar refractivity (Wildman–Crippen MR) is 164 cm³/mol. The van der Waals surface area contributed by atoms with Gasteiger partial charge in [0.15, 0.2) is 5.65 Å². The lowest BCUT2D eigenvalue weighted by molar-refractivity contribution is 1.14. The third kappa shape index (κ3) is 3.45. The van der Waals surface area contributed by atoms with Crippen LogP contribution in [0, 0.1) is 0 Å². The number of rotatable bonds is 4. The van der Waals surface area contributed by atoms with Crippen LogP contribution in [0.5, 0.6) is 0 Å². The van der Waals surface area contributed by atoms with Gasteiger partial charge >= 0.3 is 0 Å². The second-order valence-corrected chi connectivity index (χ2v) is 9.75. The summed E-state index contributed by atoms with van der Waals surface area (Å²) < 4.78 is 2.21. The summed E-state index contributed by atoms with van der Waals surface area (Å²) in [7, 11) is 0. The molecule has 8 aromatic rings. The van der Waals surface area contributed by atoms with Crippen LogP contribution >= 0.6 is 0 Å². The van der Waals surface area contributed by atoms with Gasteiger partial charge in [-0.05, 0) is 54.6 Å². The normalized spacial score (nSPS) is 11.5. The number of pyridine rings is 1. The zero-order valence-electron chi connectivity index (χ0n) is 21.5. The molecule has 0 atom stereocenters. The van der Waals surface area contributed by atoms with Gasteiger partial charge < -0.3 is 4.90 Å². The maximum Gasteiger partial charge on any atom is 0.165 e. The molecule has 0 aliphatic rings. The summed E-state index contributed by atoms with van der Waals surface area (Å²) in [5, 5.41) is 2.12. The first-order chi connectivity index (χ1) is 19.9. The Kier molecular flexibility index (Phi) is 5.07. The van der Waals surface area contributed by atoms with Crippen LogP contribution in [0.2, 0.25) is 0 Å². The molecular formula is C35H23N5. The molecule has 8 rings (SSSR count). The molecule has 5 heteroatoms. The number of aromatic nitrogens is 4. The van der Waals surface area contributed by atoms with Gasteiger partial charge in [-0.3, -0.25) is 9.55 Å². The van der Waals surface area contributed by atoms with E-state index in [9.17, 15) is 0 Å². The summed E-state index contributed by atoms with van der Waals surface area (Å²) in [5.41, 5.74) is 9.61. The van der Waals surface area contributed by atoms with Gasteiger partial charge in [-0.15, -0.1) is 0 Å². The van der Waals surface area contributed by atoms with Crippen LogP contribution in [0.15, 0.2) is 140 Å². The third-order valence-electron chi connectivity index (χ3n) is 7.40. The van der Waals surface area contributed by atoms with Crippen molar-refractivity contribution in [2.45, 2.75) is 0 Å². The molecule has 0 N–H and O–H groups in total.